The normalized spacial score (nSPS) is 31.9. The van der Waals surface area contributed by atoms with E-state index in [0.717, 1.165) is 0 Å². The lowest BCUT2D eigenvalue weighted by atomic mass is 9.87. The first-order chi connectivity index (χ1) is 18.6. The van der Waals surface area contributed by atoms with Gasteiger partial charge in [0, 0.05) is 18.2 Å². The van der Waals surface area contributed by atoms with Gasteiger partial charge in [0.15, 0.2) is 12.3 Å². The van der Waals surface area contributed by atoms with Gasteiger partial charge in [-0.1, -0.05) is 13.8 Å². The molecule has 0 bridgehead atoms. The van der Waals surface area contributed by atoms with E-state index in [-0.39, 0.29) is 37.1 Å². The van der Waals surface area contributed by atoms with Crippen molar-refractivity contribution < 1.29 is 46.7 Å². The molecule has 14 nitrogen and oxygen atoms in total. The molecule has 17 heteroatoms. The van der Waals surface area contributed by atoms with Crippen LogP contribution in [0.4, 0.5) is 10.2 Å². The predicted octanol–water partition coefficient (Wildman–Crippen LogP) is 2.36. The van der Waals surface area contributed by atoms with Gasteiger partial charge in [0.25, 0.3) is 0 Å². The van der Waals surface area contributed by atoms with Gasteiger partial charge < -0.3 is 30.2 Å². The average molecular weight is 652 g/mol. The highest BCUT2D eigenvalue weighted by molar-refractivity contribution is 9.10. The molecule has 4 N–H and O–H groups in total. The van der Waals surface area contributed by atoms with Crippen molar-refractivity contribution in [2.75, 3.05) is 25.5 Å². The number of rotatable bonds is 9. The number of hydrogen-bond donors (Lipinski definition) is 3. The van der Waals surface area contributed by atoms with Crippen molar-refractivity contribution in [3.63, 3.8) is 0 Å². The number of anilines is 1. The van der Waals surface area contributed by atoms with Crippen LogP contribution in [0.1, 0.15) is 40.3 Å². The number of phosphoric ester groups is 1. The lowest BCUT2D eigenvalue weighted by Gasteiger charge is -2.39. The van der Waals surface area contributed by atoms with Gasteiger partial charge in [-0.2, -0.15) is 0 Å². The molecule has 2 aliphatic rings. The second kappa shape index (κ2) is 11.6. The van der Waals surface area contributed by atoms with Gasteiger partial charge in [0.2, 0.25) is 10.5 Å². The minimum absolute atomic E-state index is 0.0235. The van der Waals surface area contributed by atoms with Crippen molar-refractivity contribution in [2.45, 2.75) is 69.3 Å². The number of aliphatic hydroxyl groups excluding tert-OH is 1. The Morgan fingerprint density at radius 1 is 1.40 bits per heavy atom. The van der Waals surface area contributed by atoms with E-state index in [1.807, 2.05) is 0 Å². The third-order valence-electron chi connectivity index (χ3n) is 6.34. The van der Waals surface area contributed by atoms with E-state index in [2.05, 4.69) is 31.2 Å². The number of aliphatic hydroxyl groups is 1. The van der Waals surface area contributed by atoms with Gasteiger partial charge in [-0.05, 0) is 35.8 Å². The van der Waals surface area contributed by atoms with Gasteiger partial charge in [0.05, 0.1) is 31.1 Å². The van der Waals surface area contributed by atoms with Crippen molar-refractivity contribution in [1.29, 1.82) is 0 Å². The van der Waals surface area contributed by atoms with Crippen LogP contribution in [0.5, 0.6) is 0 Å². The zero-order valence-corrected chi connectivity index (χ0v) is 24.8. The molecule has 0 aromatic carbocycles. The monoisotopic (exact) mass is 651 g/mol. The summed E-state index contributed by atoms with van der Waals surface area (Å²) in [4.78, 5) is 32.6. The summed E-state index contributed by atoms with van der Waals surface area (Å²) in [7, 11) is -4.34. The van der Waals surface area contributed by atoms with Crippen LogP contribution in [-0.4, -0.2) is 80.3 Å². The Hall–Kier alpha value is -2.20. The summed E-state index contributed by atoms with van der Waals surface area (Å²) < 4.78 is 54.8. The van der Waals surface area contributed by atoms with E-state index in [1.54, 1.807) is 33.8 Å². The molecule has 2 saturated heterocycles. The lowest BCUT2D eigenvalue weighted by Crippen LogP contribution is -2.50. The van der Waals surface area contributed by atoms with Gasteiger partial charge in [-0.25, -0.2) is 18.9 Å². The molecular formula is C23H32BrFN5O9P. The number of carbonyl (C=O) groups is 2. The van der Waals surface area contributed by atoms with Crippen LogP contribution in [0.15, 0.2) is 18.6 Å². The van der Waals surface area contributed by atoms with E-state index < -0.39 is 60.8 Å². The van der Waals surface area contributed by atoms with Crippen molar-refractivity contribution in [1.82, 2.24) is 19.9 Å². The smallest absolute Gasteiger partial charge is 0.463 e. The molecule has 0 aliphatic carbocycles. The second-order valence-electron chi connectivity index (χ2n) is 10.4. The Bertz CT molecular complexity index is 1310. The highest BCUT2D eigenvalue weighted by Gasteiger charge is 2.58. The van der Waals surface area contributed by atoms with Crippen molar-refractivity contribution in [3.05, 3.63) is 18.6 Å². The van der Waals surface area contributed by atoms with E-state index in [0.29, 0.717) is 5.39 Å². The molecule has 1 amide bonds. The number of aromatic nitrogens is 3. The molecule has 0 saturated carbocycles. The number of hydrogen-bond acceptors (Lipinski definition) is 12. The fraction of sp³-hybridized carbons (Fsp3) is 0.652. The molecule has 4 rings (SSSR count). The molecule has 4 heterocycles. The van der Waals surface area contributed by atoms with E-state index in [4.69, 9.17) is 28.8 Å². The van der Waals surface area contributed by atoms with Crippen molar-refractivity contribution in [2.24, 2.45) is 5.41 Å². The van der Waals surface area contributed by atoms with Crippen molar-refractivity contribution >= 4 is 52.5 Å². The average Bonchev–Trinajstić information content (AvgIpc) is 3.38. The molecule has 3 unspecified atom stereocenters. The SMILES string of the molecule is CC(C)OC(=O)CCNC(=O)[C@@H]1OP(=O)(OC[C@H]2O[C@@H](n3ccc4c(N)ncnc43)C(F)(Br)C2O)OCC1(C)C. The van der Waals surface area contributed by atoms with Crippen LogP contribution in [-0.2, 0) is 37.2 Å². The minimum atomic E-state index is -4.34. The fourth-order valence-corrected chi connectivity index (χ4v) is 6.53. The van der Waals surface area contributed by atoms with Crippen LogP contribution >= 0.6 is 23.8 Å². The van der Waals surface area contributed by atoms with E-state index >= 15 is 4.39 Å². The minimum Gasteiger partial charge on any atom is -0.463 e. The Morgan fingerprint density at radius 2 is 2.12 bits per heavy atom. The Kier molecular flexibility index (Phi) is 8.91. The van der Waals surface area contributed by atoms with Crippen LogP contribution in [0.3, 0.4) is 0 Å². The third-order valence-corrected chi connectivity index (χ3v) is 8.58. The summed E-state index contributed by atoms with van der Waals surface area (Å²) in [5, 5.41) is 13.7. The summed E-state index contributed by atoms with van der Waals surface area (Å²) in [5.41, 5.74) is 5.22. The summed E-state index contributed by atoms with van der Waals surface area (Å²) >= 11 is 2.90. The molecular weight excluding hydrogens is 620 g/mol. The second-order valence-corrected chi connectivity index (χ2v) is 13.3. The van der Waals surface area contributed by atoms with Crippen LogP contribution < -0.4 is 11.1 Å². The molecule has 40 heavy (non-hydrogen) atoms. The summed E-state index contributed by atoms with van der Waals surface area (Å²) in [6, 6.07) is 1.58. The number of nitrogens with zero attached hydrogens (tertiary/aromatic N) is 3. The Labute approximate surface area is 237 Å². The Balaban J connectivity index is 1.40. The zero-order valence-electron chi connectivity index (χ0n) is 22.3. The van der Waals surface area contributed by atoms with E-state index in [1.165, 1.54) is 17.1 Å². The van der Waals surface area contributed by atoms with Gasteiger partial charge in [-0.3, -0.25) is 23.2 Å². The maximum atomic E-state index is 15.7. The number of nitrogens with two attached hydrogens (primary N) is 1. The standard InChI is InChI=1S/C23H32BrFN5O9P/c1-12(2)37-15(31)5-7-27-20(33)17-22(3,4)10-36-40(34,39-17)35-9-14-16(32)23(24,25)21(38-14)30-8-6-13-18(26)28-11-29-19(13)30/h6,8,11-12,14,16-17,21,32H,5,7,9-10H2,1-4H3,(H,27,33)(H2,26,28,29)/t14-,16?,17+,21-,23?,40?/m1/s1. The van der Waals surface area contributed by atoms with Crippen LogP contribution in [0, 0.1) is 5.41 Å². The predicted molar refractivity (Wildman–Crippen MR) is 142 cm³/mol. The van der Waals surface area contributed by atoms with Crippen LogP contribution in [0.2, 0.25) is 0 Å². The molecule has 222 valence electrons. The van der Waals surface area contributed by atoms with Crippen molar-refractivity contribution in [3.8, 4) is 0 Å². The molecule has 6 atom stereocenters. The number of phosphoric acid groups is 1. The quantitative estimate of drug-likeness (QED) is 0.204. The number of fused-ring (bicyclic) bond motifs is 1. The fourth-order valence-electron chi connectivity index (χ4n) is 4.25. The topological polar surface area (TPSA) is 186 Å². The maximum Gasteiger partial charge on any atom is 0.475 e. The number of nitrogen functional groups attached to an aromatic ring is 1. The number of ether oxygens (including phenoxy) is 2. The maximum absolute atomic E-state index is 15.7. The highest BCUT2D eigenvalue weighted by atomic mass is 79.9. The zero-order chi connectivity index (χ0) is 29.5. The van der Waals surface area contributed by atoms with Gasteiger partial charge in [0.1, 0.15) is 30.0 Å². The molecule has 2 fully saturated rings. The summed E-state index contributed by atoms with van der Waals surface area (Å²) in [6.45, 7) is 5.96. The first-order valence-electron chi connectivity index (χ1n) is 12.5. The molecule has 2 aromatic heterocycles. The molecule has 2 aliphatic heterocycles. The number of carbonyl (C=O) groups excluding carboxylic acids is 2. The largest absolute Gasteiger partial charge is 0.475 e. The summed E-state index contributed by atoms with van der Waals surface area (Å²) in [5.74, 6) is -0.928. The molecule has 0 radical (unpaired) electrons. The van der Waals surface area contributed by atoms with Crippen LogP contribution in [0.25, 0.3) is 11.0 Å². The molecule has 0 spiro atoms. The number of halogens is 2. The van der Waals surface area contributed by atoms with Gasteiger partial charge >= 0.3 is 13.8 Å². The first kappa shape index (κ1) is 30.8. The number of esters is 1. The summed E-state index contributed by atoms with van der Waals surface area (Å²) in [6.07, 6.45) is -3.42. The lowest BCUT2D eigenvalue weighted by molar-refractivity contribution is -0.147. The number of amides is 1. The first-order valence-corrected chi connectivity index (χ1v) is 14.7. The highest BCUT2D eigenvalue weighted by Crippen LogP contribution is 2.58. The third kappa shape index (κ3) is 6.32. The number of alkyl halides is 2. The number of nitrogens with one attached hydrogen (secondary N) is 1. The van der Waals surface area contributed by atoms with Gasteiger partial charge in [-0.15, -0.1) is 0 Å². The molecule has 2 aromatic rings. The van der Waals surface area contributed by atoms with E-state index in [9.17, 15) is 19.3 Å². The Morgan fingerprint density at radius 3 is 2.83 bits per heavy atom.